The predicted molar refractivity (Wildman–Crippen MR) is 90.3 cm³/mol. The molecule has 0 amide bonds. The average Bonchev–Trinajstić information content (AvgIpc) is 2.77. The number of fused-ring (bicyclic) bond motifs is 2. The van der Waals surface area contributed by atoms with Gasteiger partial charge in [0.05, 0.1) is 5.52 Å². The fraction of sp³-hybridized carbons (Fsp3) is 0.100. The number of para-hydroxylation sites is 1. The minimum absolute atomic E-state index is 1.23. The Balaban J connectivity index is 2.16. The molecule has 3 aromatic carbocycles. The van der Waals surface area contributed by atoms with Gasteiger partial charge in [-0.1, -0.05) is 42.5 Å². The molecule has 1 nitrogen and oxygen atoms in total. The van der Waals surface area contributed by atoms with E-state index in [1.165, 1.54) is 38.6 Å². The van der Waals surface area contributed by atoms with E-state index in [1.54, 1.807) is 0 Å². The van der Waals surface area contributed by atoms with Crippen LogP contribution in [0.15, 0.2) is 66.7 Å². The molecule has 0 aliphatic rings. The molecular formula is C20H17N. The van der Waals surface area contributed by atoms with Gasteiger partial charge >= 0.3 is 0 Å². The number of benzene rings is 3. The van der Waals surface area contributed by atoms with Crippen molar-refractivity contribution in [2.45, 2.75) is 13.8 Å². The van der Waals surface area contributed by atoms with Crippen LogP contribution in [0, 0.1) is 13.8 Å². The highest BCUT2D eigenvalue weighted by molar-refractivity contribution is 5.99. The second-order valence-corrected chi connectivity index (χ2v) is 5.60. The zero-order chi connectivity index (χ0) is 14.4. The molecule has 0 bridgehead atoms. The maximum absolute atomic E-state index is 2.36. The van der Waals surface area contributed by atoms with E-state index in [-0.39, 0.29) is 0 Å². The minimum atomic E-state index is 1.23. The summed E-state index contributed by atoms with van der Waals surface area (Å²) < 4.78 is 2.36. The number of hydrogen-bond donors (Lipinski definition) is 0. The van der Waals surface area contributed by atoms with E-state index < -0.39 is 0 Å². The Morgan fingerprint density at radius 3 is 2.05 bits per heavy atom. The van der Waals surface area contributed by atoms with Crippen molar-refractivity contribution < 1.29 is 0 Å². The molecule has 21 heavy (non-hydrogen) atoms. The number of nitrogens with zero attached hydrogens (tertiary/aromatic N) is 1. The molecule has 0 spiro atoms. The van der Waals surface area contributed by atoms with Gasteiger partial charge in [-0.05, 0) is 54.4 Å². The van der Waals surface area contributed by atoms with Crippen molar-refractivity contribution in [2.75, 3.05) is 0 Å². The first-order valence-corrected chi connectivity index (χ1v) is 7.31. The zero-order valence-corrected chi connectivity index (χ0v) is 12.3. The third-order valence-electron chi connectivity index (χ3n) is 4.40. The molecule has 1 heteroatoms. The van der Waals surface area contributed by atoms with Gasteiger partial charge in [-0.3, -0.25) is 0 Å². The summed E-state index contributed by atoms with van der Waals surface area (Å²) >= 11 is 0. The Morgan fingerprint density at radius 2 is 1.33 bits per heavy atom. The van der Waals surface area contributed by atoms with Gasteiger partial charge in [0.15, 0.2) is 0 Å². The molecule has 1 heterocycles. The quantitative estimate of drug-likeness (QED) is 0.437. The lowest BCUT2D eigenvalue weighted by atomic mass is 10.1. The van der Waals surface area contributed by atoms with E-state index in [4.69, 9.17) is 0 Å². The van der Waals surface area contributed by atoms with Crippen molar-refractivity contribution in [3.63, 3.8) is 0 Å². The first-order valence-electron chi connectivity index (χ1n) is 7.31. The maximum atomic E-state index is 2.36. The van der Waals surface area contributed by atoms with Crippen LogP contribution in [0.1, 0.15) is 11.3 Å². The molecule has 0 aliphatic heterocycles. The van der Waals surface area contributed by atoms with Crippen molar-refractivity contribution in [1.82, 2.24) is 4.57 Å². The Morgan fingerprint density at radius 1 is 0.714 bits per heavy atom. The predicted octanol–water partition coefficient (Wildman–Crippen LogP) is 5.40. The van der Waals surface area contributed by atoms with Crippen LogP contribution in [0.5, 0.6) is 0 Å². The number of rotatable bonds is 1. The summed E-state index contributed by atoms with van der Waals surface area (Å²) in [6.45, 7) is 4.42. The van der Waals surface area contributed by atoms with Crippen LogP contribution < -0.4 is 0 Å². The van der Waals surface area contributed by atoms with Crippen molar-refractivity contribution in [2.24, 2.45) is 0 Å². The molecule has 0 saturated heterocycles. The summed E-state index contributed by atoms with van der Waals surface area (Å²) in [5, 5.41) is 3.94. The molecular weight excluding hydrogens is 254 g/mol. The first kappa shape index (κ1) is 12.2. The van der Waals surface area contributed by atoms with Crippen LogP contribution in [0.25, 0.3) is 27.4 Å². The lowest BCUT2D eigenvalue weighted by Gasteiger charge is -2.09. The lowest BCUT2D eigenvalue weighted by molar-refractivity contribution is 1.04. The summed E-state index contributed by atoms with van der Waals surface area (Å²) in [4.78, 5) is 0. The molecule has 0 N–H and O–H groups in total. The molecule has 0 fully saturated rings. The van der Waals surface area contributed by atoms with E-state index >= 15 is 0 Å². The fourth-order valence-electron chi connectivity index (χ4n) is 3.17. The van der Waals surface area contributed by atoms with Gasteiger partial charge in [0, 0.05) is 16.8 Å². The lowest BCUT2D eigenvalue weighted by Crippen LogP contribution is -1.96. The highest BCUT2D eigenvalue weighted by Crippen LogP contribution is 2.31. The van der Waals surface area contributed by atoms with Crippen molar-refractivity contribution in [3.05, 3.63) is 78.0 Å². The Kier molecular flexibility index (Phi) is 2.61. The largest absolute Gasteiger partial charge is 0.314 e. The number of aromatic nitrogens is 1. The third-order valence-corrected chi connectivity index (χ3v) is 4.40. The second-order valence-electron chi connectivity index (χ2n) is 5.60. The first-order chi connectivity index (χ1) is 10.3. The maximum Gasteiger partial charge on any atom is 0.0540 e. The van der Waals surface area contributed by atoms with E-state index in [9.17, 15) is 0 Å². The molecule has 0 aliphatic carbocycles. The summed E-state index contributed by atoms with van der Waals surface area (Å²) in [6, 6.07) is 23.8. The van der Waals surface area contributed by atoms with Gasteiger partial charge in [0.25, 0.3) is 0 Å². The monoisotopic (exact) mass is 271 g/mol. The molecule has 0 radical (unpaired) electrons. The average molecular weight is 271 g/mol. The van der Waals surface area contributed by atoms with Crippen molar-refractivity contribution >= 4 is 21.7 Å². The highest BCUT2D eigenvalue weighted by Gasteiger charge is 2.12. The molecule has 0 unspecified atom stereocenters. The van der Waals surface area contributed by atoms with Gasteiger partial charge in [-0.25, -0.2) is 0 Å². The molecule has 4 rings (SSSR count). The van der Waals surface area contributed by atoms with Gasteiger partial charge in [-0.15, -0.1) is 0 Å². The van der Waals surface area contributed by atoms with Gasteiger partial charge in [0.1, 0.15) is 0 Å². The molecule has 102 valence electrons. The second kappa shape index (κ2) is 4.49. The minimum Gasteiger partial charge on any atom is -0.314 e. The summed E-state index contributed by atoms with van der Waals surface area (Å²) in [5.74, 6) is 0. The van der Waals surface area contributed by atoms with Gasteiger partial charge < -0.3 is 4.57 Å². The zero-order valence-electron chi connectivity index (χ0n) is 12.3. The Hall–Kier alpha value is -2.54. The van der Waals surface area contributed by atoms with Crippen LogP contribution in [-0.4, -0.2) is 4.57 Å². The van der Waals surface area contributed by atoms with Crippen molar-refractivity contribution in [1.29, 1.82) is 0 Å². The summed E-state index contributed by atoms with van der Waals surface area (Å²) in [6.07, 6.45) is 0. The van der Waals surface area contributed by atoms with E-state index in [2.05, 4.69) is 85.1 Å². The number of aryl methyl sites for hydroxylation is 1. The SMILES string of the molecule is Cc1c(C)n(-c2ccccc2)c2cc3ccccc3cc12. The summed E-state index contributed by atoms with van der Waals surface area (Å²) in [5.41, 5.74) is 5.18. The summed E-state index contributed by atoms with van der Waals surface area (Å²) in [7, 11) is 0. The van der Waals surface area contributed by atoms with Gasteiger partial charge in [0.2, 0.25) is 0 Å². The number of hydrogen-bond acceptors (Lipinski definition) is 0. The standard InChI is InChI=1S/C20H17N/c1-14-15(2)21(18-10-4-3-5-11-18)20-13-17-9-7-6-8-16(17)12-19(14)20/h3-13H,1-2H3. The van der Waals surface area contributed by atoms with Crippen LogP contribution in [0.2, 0.25) is 0 Å². The molecule has 1 aromatic heterocycles. The van der Waals surface area contributed by atoms with Crippen LogP contribution in [0.3, 0.4) is 0 Å². The van der Waals surface area contributed by atoms with E-state index in [0.717, 1.165) is 0 Å². The van der Waals surface area contributed by atoms with Gasteiger partial charge in [-0.2, -0.15) is 0 Å². The molecule has 0 atom stereocenters. The smallest absolute Gasteiger partial charge is 0.0540 e. The van der Waals surface area contributed by atoms with Crippen molar-refractivity contribution in [3.8, 4) is 5.69 Å². The van der Waals surface area contributed by atoms with Crippen LogP contribution >= 0.6 is 0 Å². The van der Waals surface area contributed by atoms with E-state index in [1.807, 2.05) is 0 Å². The Labute approximate surface area is 124 Å². The normalized spacial score (nSPS) is 11.3. The van der Waals surface area contributed by atoms with Crippen LogP contribution in [0.4, 0.5) is 0 Å². The Bertz CT molecular complexity index is 946. The molecule has 4 aromatic rings. The third kappa shape index (κ3) is 1.78. The topological polar surface area (TPSA) is 4.93 Å². The van der Waals surface area contributed by atoms with E-state index in [0.29, 0.717) is 0 Å². The van der Waals surface area contributed by atoms with Crippen LogP contribution in [-0.2, 0) is 0 Å². The fourth-order valence-corrected chi connectivity index (χ4v) is 3.17. The highest BCUT2D eigenvalue weighted by atomic mass is 15.0. The molecule has 0 saturated carbocycles.